The second-order valence-electron chi connectivity index (χ2n) is 7.77. The fraction of sp³-hybridized carbons (Fsp3) is 0.320. The summed E-state index contributed by atoms with van der Waals surface area (Å²) >= 11 is 3.49. The van der Waals surface area contributed by atoms with Crippen molar-refractivity contribution in [2.24, 2.45) is 0 Å². The van der Waals surface area contributed by atoms with Gasteiger partial charge in [-0.25, -0.2) is 0 Å². The van der Waals surface area contributed by atoms with Crippen LogP contribution in [0.1, 0.15) is 49.1 Å². The molecule has 1 heterocycles. The maximum atomic E-state index is 12.6. The topological polar surface area (TPSA) is 51.5 Å². The van der Waals surface area contributed by atoms with Crippen LogP contribution in [0.2, 0.25) is 0 Å². The van der Waals surface area contributed by atoms with Crippen LogP contribution in [0.5, 0.6) is 5.75 Å². The average molecular weight is 468 g/mol. The van der Waals surface area contributed by atoms with Crippen molar-refractivity contribution in [2.45, 2.75) is 46.5 Å². The van der Waals surface area contributed by atoms with E-state index in [4.69, 9.17) is 9.15 Å². The molecule has 0 spiro atoms. The number of fused-ring (bicyclic) bond motifs is 3. The highest BCUT2D eigenvalue weighted by atomic mass is 79.9. The van der Waals surface area contributed by atoms with Crippen LogP contribution in [0.15, 0.2) is 45.3 Å². The Kier molecular flexibility index (Phi) is 6.00. The van der Waals surface area contributed by atoms with E-state index in [-0.39, 0.29) is 5.91 Å². The first kappa shape index (κ1) is 20.7. The molecular formula is C25H26BrNO3. The van der Waals surface area contributed by atoms with Gasteiger partial charge < -0.3 is 14.5 Å². The third kappa shape index (κ3) is 4.17. The highest BCUT2D eigenvalue weighted by molar-refractivity contribution is 9.10. The smallest absolute Gasteiger partial charge is 0.248 e. The molecule has 30 heavy (non-hydrogen) atoms. The molecule has 4 rings (SSSR count). The lowest BCUT2D eigenvalue weighted by molar-refractivity contribution is -0.111. The number of furan rings is 1. The van der Waals surface area contributed by atoms with Crippen molar-refractivity contribution in [2.75, 3.05) is 11.9 Å². The third-order valence-electron chi connectivity index (χ3n) is 5.56. The maximum Gasteiger partial charge on any atom is 0.248 e. The molecule has 1 amide bonds. The molecule has 0 aliphatic heterocycles. The molecule has 1 aliphatic rings. The number of halogens is 1. The summed E-state index contributed by atoms with van der Waals surface area (Å²) in [7, 11) is 0. The Labute approximate surface area is 185 Å². The fourth-order valence-corrected chi connectivity index (χ4v) is 4.29. The molecule has 0 fully saturated rings. The first-order valence-corrected chi connectivity index (χ1v) is 11.2. The van der Waals surface area contributed by atoms with Crippen molar-refractivity contribution < 1.29 is 13.9 Å². The normalized spacial score (nSPS) is 13.9. The SMILES string of the molecule is CCOc1cc2oc3c(c2cc1/C(C)=C/C(=O)Nc1ccc(Br)c(C)c1)CCCC3. The van der Waals surface area contributed by atoms with E-state index in [1.807, 2.05) is 45.0 Å². The van der Waals surface area contributed by atoms with Crippen LogP contribution in [-0.2, 0) is 17.6 Å². The Hall–Kier alpha value is -2.53. The molecule has 0 unspecified atom stereocenters. The molecule has 0 bridgehead atoms. The van der Waals surface area contributed by atoms with Gasteiger partial charge in [0, 0.05) is 45.2 Å². The summed E-state index contributed by atoms with van der Waals surface area (Å²) in [6, 6.07) is 9.86. The van der Waals surface area contributed by atoms with Gasteiger partial charge in [0.1, 0.15) is 17.1 Å². The van der Waals surface area contributed by atoms with Crippen LogP contribution >= 0.6 is 15.9 Å². The van der Waals surface area contributed by atoms with Gasteiger partial charge >= 0.3 is 0 Å². The summed E-state index contributed by atoms with van der Waals surface area (Å²) in [5, 5.41) is 4.09. The molecule has 1 aliphatic carbocycles. The lowest BCUT2D eigenvalue weighted by Gasteiger charge is -2.12. The molecule has 0 saturated carbocycles. The number of hydrogen-bond acceptors (Lipinski definition) is 3. The van der Waals surface area contributed by atoms with E-state index in [9.17, 15) is 4.79 Å². The number of aryl methyl sites for hydroxylation is 3. The lowest BCUT2D eigenvalue weighted by atomic mass is 9.94. The number of hydrogen-bond donors (Lipinski definition) is 1. The Balaban J connectivity index is 1.67. The summed E-state index contributed by atoms with van der Waals surface area (Å²) < 4.78 is 13.0. The minimum atomic E-state index is -0.161. The van der Waals surface area contributed by atoms with Gasteiger partial charge in [0.05, 0.1) is 6.61 Å². The molecule has 5 heteroatoms. The van der Waals surface area contributed by atoms with Crippen molar-refractivity contribution in [3.63, 3.8) is 0 Å². The molecule has 156 valence electrons. The Morgan fingerprint density at radius 2 is 2.03 bits per heavy atom. The number of carbonyl (C=O) groups is 1. The molecular weight excluding hydrogens is 442 g/mol. The highest BCUT2D eigenvalue weighted by Gasteiger charge is 2.20. The zero-order valence-electron chi connectivity index (χ0n) is 17.6. The minimum absolute atomic E-state index is 0.161. The standard InChI is InChI=1S/C25H26BrNO3/c1-4-29-23-14-24-20(18-7-5-6-8-22(18)30-24)13-19(23)15(2)12-25(28)27-17-9-10-21(26)16(3)11-17/h9-14H,4-8H2,1-3H3,(H,27,28)/b15-12+. The molecule has 0 atom stereocenters. The zero-order chi connectivity index (χ0) is 21.3. The predicted octanol–water partition coefficient (Wildman–Crippen LogP) is 6.82. The Bertz CT molecular complexity index is 1140. The average Bonchev–Trinajstić information content (AvgIpc) is 3.07. The molecule has 0 radical (unpaired) electrons. The van der Waals surface area contributed by atoms with Gasteiger partial charge in [0.25, 0.3) is 0 Å². The van der Waals surface area contributed by atoms with Gasteiger partial charge in [-0.05, 0) is 75.4 Å². The van der Waals surface area contributed by atoms with Crippen LogP contribution in [-0.4, -0.2) is 12.5 Å². The molecule has 4 nitrogen and oxygen atoms in total. The lowest BCUT2D eigenvalue weighted by Crippen LogP contribution is -2.09. The number of benzene rings is 2. The zero-order valence-corrected chi connectivity index (χ0v) is 19.2. The number of rotatable bonds is 5. The van der Waals surface area contributed by atoms with E-state index in [1.54, 1.807) is 6.08 Å². The molecule has 0 saturated heterocycles. The van der Waals surface area contributed by atoms with E-state index in [0.717, 1.165) is 62.2 Å². The van der Waals surface area contributed by atoms with Crippen LogP contribution in [0.25, 0.3) is 16.5 Å². The first-order valence-electron chi connectivity index (χ1n) is 10.4. The number of anilines is 1. The van der Waals surface area contributed by atoms with E-state index in [2.05, 4.69) is 27.3 Å². The summed E-state index contributed by atoms with van der Waals surface area (Å²) in [5.74, 6) is 1.68. The van der Waals surface area contributed by atoms with Crippen molar-refractivity contribution in [3.05, 3.63) is 63.3 Å². The van der Waals surface area contributed by atoms with Gasteiger partial charge in [-0.1, -0.05) is 15.9 Å². The summed E-state index contributed by atoms with van der Waals surface area (Å²) in [6.45, 7) is 6.46. The van der Waals surface area contributed by atoms with Crippen molar-refractivity contribution in [1.29, 1.82) is 0 Å². The largest absolute Gasteiger partial charge is 0.493 e. The van der Waals surface area contributed by atoms with Crippen LogP contribution in [0.3, 0.4) is 0 Å². The highest BCUT2D eigenvalue weighted by Crippen LogP contribution is 2.38. The van der Waals surface area contributed by atoms with Crippen LogP contribution in [0, 0.1) is 6.92 Å². The quantitative estimate of drug-likeness (QED) is 0.418. The fourth-order valence-electron chi connectivity index (χ4n) is 4.05. The second-order valence-corrected chi connectivity index (χ2v) is 8.62. The number of allylic oxidation sites excluding steroid dienone is 1. The summed E-state index contributed by atoms with van der Waals surface area (Å²) in [6.07, 6.45) is 6.03. The first-order chi connectivity index (χ1) is 14.5. The molecule has 3 aromatic rings. The minimum Gasteiger partial charge on any atom is -0.493 e. The number of carbonyl (C=O) groups excluding carboxylic acids is 1. The second kappa shape index (κ2) is 8.68. The van der Waals surface area contributed by atoms with Gasteiger partial charge in [-0.15, -0.1) is 0 Å². The van der Waals surface area contributed by atoms with Crippen molar-refractivity contribution in [1.82, 2.24) is 0 Å². The summed E-state index contributed by atoms with van der Waals surface area (Å²) in [4.78, 5) is 12.6. The number of nitrogens with one attached hydrogen (secondary N) is 1. The Morgan fingerprint density at radius 1 is 1.23 bits per heavy atom. The predicted molar refractivity (Wildman–Crippen MR) is 125 cm³/mol. The van der Waals surface area contributed by atoms with Crippen molar-refractivity contribution >= 4 is 44.1 Å². The Morgan fingerprint density at radius 3 is 2.80 bits per heavy atom. The van der Waals surface area contributed by atoms with Gasteiger partial charge in [0.2, 0.25) is 5.91 Å². The van der Waals surface area contributed by atoms with E-state index >= 15 is 0 Å². The molecule has 1 aromatic heterocycles. The third-order valence-corrected chi connectivity index (χ3v) is 6.44. The van der Waals surface area contributed by atoms with E-state index < -0.39 is 0 Å². The van der Waals surface area contributed by atoms with Crippen LogP contribution in [0.4, 0.5) is 5.69 Å². The van der Waals surface area contributed by atoms with E-state index in [1.165, 1.54) is 18.4 Å². The van der Waals surface area contributed by atoms with Crippen LogP contribution < -0.4 is 10.1 Å². The molecule has 2 aromatic carbocycles. The van der Waals surface area contributed by atoms with Gasteiger partial charge in [-0.2, -0.15) is 0 Å². The monoisotopic (exact) mass is 467 g/mol. The molecule has 1 N–H and O–H groups in total. The number of ether oxygens (including phenoxy) is 1. The number of amides is 1. The van der Waals surface area contributed by atoms with E-state index in [0.29, 0.717) is 6.61 Å². The summed E-state index contributed by atoms with van der Waals surface area (Å²) in [5.41, 5.74) is 5.81. The van der Waals surface area contributed by atoms with Gasteiger partial charge in [0.15, 0.2) is 0 Å². The maximum absolute atomic E-state index is 12.6. The van der Waals surface area contributed by atoms with Gasteiger partial charge in [-0.3, -0.25) is 4.79 Å². The van der Waals surface area contributed by atoms with Crippen molar-refractivity contribution in [3.8, 4) is 5.75 Å².